The lowest BCUT2D eigenvalue weighted by Crippen LogP contribution is -2.23. The van der Waals surface area contributed by atoms with Crippen LogP contribution in [0.3, 0.4) is 0 Å². The van der Waals surface area contributed by atoms with Crippen LogP contribution in [0.15, 0.2) is 48.8 Å². The number of ether oxygens (including phenoxy) is 2. The van der Waals surface area contributed by atoms with Crippen molar-refractivity contribution in [2.24, 2.45) is 0 Å². The van der Waals surface area contributed by atoms with Crippen LogP contribution in [0.25, 0.3) is 0 Å². The predicted molar refractivity (Wildman–Crippen MR) is 85.8 cm³/mol. The van der Waals surface area contributed by atoms with Gasteiger partial charge in [0.2, 0.25) is 0 Å². The summed E-state index contributed by atoms with van der Waals surface area (Å²) < 4.78 is 12.1. The summed E-state index contributed by atoms with van der Waals surface area (Å²) in [5.74, 6) is -0.769. The minimum Gasteiger partial charge on any atom is -0.459 e. The molecule has 0 aliphatic heterocycles. The van der Waals surface area contributed by atoms with Gasteiger partial charge in [0.1, 0.15) is 18.8 Å². The van der Waals surface area contributed by atoms with Gasteiger partial charge in [-0.1, -0.05) is 30.3 Å². The molecule has 0 amide bonds. The normalized spacial score (nSPS) is 11.1. The summed E-state index contributed by atoms with van der Waals surface area (Å²) in [6.45, 7) is 5.71. The van der Waals surface area contributed by atoms with E-state index in [2.05, 4.69) is 0 Å². The Kier molecular flexibility index (Phi) is 5.21. The van der Waals surface area contributed by atoms with Crippen LogP contribution in [-0.2, 0) is 27.4 Å². The highest BCUT2D eigenvalue weighted by atomic mass is 16.6. The summed E-state index contributed by atoms with van der Waals surface area (Å²) >= 11 is 0. The first kappa shape index (κ1) is 16.8. The summed E-state index contributed by atoms with van der Waals surface area (Å²) in [4.78, 5) is 23.8. The first-order valence-corrected chi connectivity index (χ1v) is 7.42. The Bertz CT molecular complexity index is 668. The fourth-order valence-electron chi connectivity index (χ4n) is 1.93. The van der Waals surface area contributed by atoms with Gasteiger partial charge >= 0.3 is 11.9 Å². The predicted octanol–water partition coefficient (Wildman–Crippen LogP) is 3.19. The van der Waals surface area contributed by atoms with Crippen molar-refractivity contribution >= 4 is 11.9 Å². The lowest BCUT2D eigenvalue weighted by atomic mass is 10.2. The van der Waals surface area contributed by atoms with Crippen molar-refractivity contribution < 1.29 is 19.1 Å². The van der Waals surface area contributed by atoms with Gasteiger partial charge < -0.3 is 14.0 Å². The zero-order chi connectivity index (χ0) is 16.9. The average Bonchev–Trinajstić information content (AvgIpc) is 2.93. The van der Waals surface area contributed by atoms with E-state index in [1.807, 2.05) is 51.1 Å². The summed E-state index contributed by atoms with van der Waals surface area (Å²) in [7, 11) is 0. The van der Waals surface area contributed by atoms with Crippen molar-refractivity contribution in [3.8, 4) is 0 Å². The van der Waals surface area contributed by atoms with Crippen molar-refractivity contribution in [2.75, 3.05) is 0 Å². The van der Waals surface area contributed by atoms with Crippen LogP contribution in [0, 0.1) is 0 Å². The van der Waals surface area contributed by atoms with E-state index in [4.69, 9.17) is 9.47 Å². The lowest BCUT2D eigenvalue weighted by Gasteiger charge is -2.18. The van der Waals surface area contributed by atoms with Gasteiger partial charge in [0.15, 0.2) is 0 Å². The number of nitrogens with zero attached hydrogens (tertiary/aromatic N) is 1. The van der Waals surface area contributed by atoms with Crippen molar-refractivity contribution in [1.82, 2.24) is 4.57 Å². The van der Waals surface area contributed by atoms with Gasteiger partial charge in [-0.25, -0.2) is 4.79 Å². The summed E-state index contributed by atoms with van der Waals surface area (Å²) in [6.07, 6.45) is 3.24. The molecule has 0 saturated carbocycles. The highest BCUT2D eigenvalue weighted by molar-refractivity contribution is 5.89. The third kappa shape index (κ3) is 5.62. The van der Waals surface area contributed by atoms with E-state index < -0.39 is 11.6 Å². The zero-order valence-corrected chi connectivity index (χ0v) is 13.6. The lowest BCUT2D eigenvalue weighted by molar-refractivity contribution is -0.145. The summed E-state index contributed by atoms with van der Waals surface area (Å²) in [5, 5.41) is 0. The SMILES string of the molecule is CC(C)(C)OC(=O)c1ccn(CC(=O)OCc2ccccc2)c1. The number of carbonyl (C=O) groups excluding carboxylic acids is 2. The van der Waals surface area contributed by atoms with Crippen molar-refractivity contribution in [2.45, 2.75) is 39.5 Å². The van der Waals surface area contributed by atoms with Crippen molar-refractivity contribution in [1.29, 1.82) is 0 Å². The minimum atomic E-state index is -0.548. The van der Waals surface area contributed by atoms with Gasteiger partial charge in [-0.2, -0.15) is 0 Å². The first-order valence-electron chi connectivity index (χ1n) is 7.42. The summed E-state index contributed by atoms with van der Waals surface area (Å²) in [5.41, 5.74) is 0.798. The van der Waals surface area contributed by atoms with E-state index in [-0.39, 0.29) is 19.1 Å². The molecule has 122 valence electrons. The van der Waals surface area contributed by atoms with Crippen LogP contribution in [-0.4, -0.2) is 22.1 Å². The fourth-order valence-corrected chi connectivity index (χ4v) is 1.93. The Morgan fingerprint density at radius 1 is 1.09 bits per heavy atom. The molecule has 1 aromatic heterocycles. The van der Waals surface area contributed by atoms with Gasteiger partial charge in [-0.15, -0.1) is 0 Å². The largest absolute Gasteiger partial charge is 0.459 e. The van der Waals surface area contributed by atoms with E-state index >= 15 is 0 Å². The number of hydrogen-bond donors (Lipinski definition) is 0. The topological polar surface area (TPSA) is 57.5 Å². The second kappa shape index (κ2) is 7.13. The Labute approximate surface area is 135 Å². The quantitative estimate of drug-likeness (QED) is 0.795. The molecular weight excluding hydrogens is 294 g/mol. The Hall–Kier alpha value is -2.56. The molecule has 0 bridgehead atoms. The molecule has 2 aromatic rings. The molecular formula is C18H21NO4. The molecule has 23 heavy (non-hydrogen) atoms. The number of benzene rings is 1. The molecule has 0 fully saturated rings. The van der Waals surface area contributed by atoms with Crippen LogP contribution in [0.5, 0.6) is 0 Å². The fraction of sp³-hybridized carbons (Fsp3) is 0.333. The average molecular weight is 315 g/mol. The third-order valence-corrected chi connectivity index (χ3v) is 2.94. The number of aromatic nitrogens is 1. The maximum Gasteiger partial charge on any atom is 0.340 e. The molecule has 1 heterocycles. The van der Waals surface area contributed by atoms with Crippen molar-refractivity contribution in [3.05, 3.63) is 59.9 Å². The molecule has 0 saturated heterocycles. The molecule has 0 N–H and O–H groups in total. The Balaban J connectivity index is 1.86. The number of carbonyl (C=O) groups is 2. The molecule has 1 aromatic carbocycles. The van der Waals surface area contributed by atoms with Crippen LogP contribution in [0.1, 0.15) is 36.7 Å². The van der Waals surface area contributed by atoms with E-state index in [1.165, 1.54) is 0 Å². The second-order valence-electron chi connectivity index (χ2n) is 6.22. The molecule has 2 rings (SSSR count). The molecule has 0 aliphatic rings. The van der Waals surface area contributed by atoms with Crippen LogP contribution < -0.4 is 0 Å². The Morgan fingerprint density at radius 3 is 2.43 bits per heavy atom. The van der Waals surface area contributed by atoms with Crippen molar-refractivity contribution in [3.63, 3.8) is 0 Å². The van der Waals surface area contributed by atoms with Crippen LogP contribution in [0.2, 0.25) is 0 Å². The standard InChI is InChI=1S/C18H21NO4/c1-18(2,3)23-17(21)15-9-10-19(11-15)12-16(20)22-13-14-7-5-4-6-8-14/h4-11H,12-13H2,1-3H3. The monoisotopic (exact) mass is 315 g/mol. The maximum absolute atomic E-state index is 11.9. The van der Waals surface area contributed by atoms with E-state index in [0.29, 0.717) is 5.56 Å². The third-order valence-electron chi connectivity index (χ3n) is 2.94. The highest BCUT2D eigenvalue weighted by Crippen LogP contribution is 2.12. The molecule has 5 nitrogen and oxygen atoms in total. The van der Waals surface area contributed by atoms with Gasteiger partial charge in [0.25, 0.3) is 0 Å². The van der Waals surface area contributed by atoms with Crippen LogP contribution >= 0.6 is 0 Å². The molecule has 0 aliphatic carbocycles. The van der Waals surface area contributed by atoms with Gasteiger partial charge in [0, 0.05) is 12.4 Å². The van der Waals surface area contributed by atoms with E-state index in [0.717, 1.165) is 5.56 Å². The molecule has 0 unspecified atom stereocenters. The Morgan fingerprint density at radius 2 is 1.78 bits per heavy atom. The number of esters is 2. The molecule has 0 spiro atoms. The molecule has 0 atom stereocenters. The maximum atomic E-state index is 11.9. The summed E-state index contributed by atoms with van der Waals surface area (Å²) in [6, 6.07) is 11.1. The highest BCUT2D eigenvalue weighted by Gasteiger charge is 2.18. The second-order valence-corrected chi connectivity index (χ2v) is 6.22. The van der Waals surface area contributed by atoms with Crippen LogP contribution in [0.4, 0.5) is 0 Å². The molecule has 5 heteroatoms. The minimum absolute atomic E-state index is 0.0512. The van der Waals surface area contributed by atoms with Gasteiger partial charge in [-0.05, 0) is 32.4 Å². The van der Waals surface area contributed by atoms with Gasteiger partial charge in [-0.3, -0.25) is 4.79 Å². The van der Waals surface area contributed by atoms with E-state index in [9.17, 15) is 9.59 Å². The zero-order valence-electron chi connectivity index (χ0n) is 13.6. The molecule has 0 radical (unpaired) electrons. The van der Waals surface area contributed by atoms with E-state index in [1.54, 1.807) is 23.0 Å². The number of hydrogen-bond acceptors (Lipinski definition) is 4. The number of rotatable bonds is 5. The first-order chi connectivity index (χ1) is 10.8. The van der Waals surface area contributed by atoms with Gasteiger partial charge in [0.05, 0.1) is 5.56 Å². The smallest absolute Gasteiger partial charge is 0.340 e.